The van der Waals surface area contributed by atoms with Crippen molar-refractivity contribution in [2.45, 2.75) is 6.92 Å². The van der Waals surface area contributed by atoms with E-state index in [9.17, 15) is 19.5 Å². The van der Waals surface area contributed by atoms with Crippen molar-refractivity contribution in [1.82, 2.24) is 0 Å². The van der Waals surface area contributed by atoms with E-state index in [0.717, 1.165) is 0 Å². The fourth-order valence-corrected chi connectivity index (χ4v) is 2.12. The smallest absolute Gasteiger partial charge is 0.338 e. The van der Waals surface area contributed by atoms with Gasteiger partial charge in [0.25, 0.3) is 5.91 Å². The first-order valence-electron chi connectivity index (χ1n) is 7.60. The first-order valence-corrected chi connectivity index (χ1v) is 7.60. The zero-order chi connectivity index (χ0) is 19.1. The molecule has 0 radical (unpaired) electrons. The number of benzene rings is 2. The predicted molar refractivity (Wildman–Crippen MR) is 94.3 cm³/mol. The van der Waals surface area contributed by atoms with E-state index in [1.165, 1.54) is 44.4 Å². The number of aromatic hydroxyl groups is 1. The summed E-state index contributed by atoms with van der Waals surface area (Å²) in [6.07, 6.45) is 0. The molecule has 136 valence electrons. The Kier molecular flexibility index (Phi) is 6.15. The number of phenolic OH excluding ortho intramolecular Hbond substituents is 1. The maximum Gasteiger partial charge on any atom is 0.338 e. The van der Waals surface area contributed by atoms with E-state index in [1.807, 2.05) is 0 Å². The van der Waals surface area contributed by atoms with Crippen LogP contribution in [0.15, 0.2) is 42.5 Å². The summed E-state index contributed by atoms with van der Waals surface area (Å²) >= 11 is 0. The number of esters is 1. The molecular weight excluding hydrogens is 340 g/mol. The van der Waals surface area contributed by atoms with E-state index >= 15 is 0 Å². The van der Waals surface area contributed by atoms with Crippen molar-refractivity contribution in [3.8, 4) is 11.5 Å². The van der Waals surface area contributed by atoms with Gasteiger partial charge in [-0.2, -0.15) is 0 Å². The molecular formula is C18H18N2O6. The zero-order valence-electron chi connectivity index (χ0n) is 14.2. The van der Waals surface area contributed by atoms with Gasteiger partial charge in [0.1, 0.15) is 11.5 Å². The summed E-state index contributed by atoms with van der Waals surface area (Å²) in [4.78, 5) is 35.0. The van der Waals surface area contributed by atoms with Crippen LogP contribution in [0.1, 0.15) is 17.3 Å². The fraction of sp³-hybridized carbons (Fsp3) is 0.167. The summed E-state index contributed by atoms with van der Waals surface area (Å²) in [6, 6.07) is 10.3. The summed E-state index contributed by atoms with van der Waals surface area (Å²) in [7, 11) is 1.44. The highest BCUT2D eigenvalue weighted by Crippen LogP contribution is 2.27. The number of methoxy groups -OCH3 is 1. The van der Waals surface area contributed by atoms with Crippen LogP contribution in [0.3, 0.4) is 0 Å². The van der Waals surface area contributed by atoms with Gasteiger partial charge in [-0.1, -0.05) is 6.07 Å². The maximum atomic E-state index is 12.0. The topological polar surface area (TPSA) is 114 Å². The molecule has 0 spiro atoms. The van der Waals surface area contributed by atoms with Crippen LogP contribution in [0.2, 0.25) is 0 Å². The molecule has 3 N–H and O–H groups in total. The maximum absolute atomic E-state index is 12.0. The van der Waals surface area contributed by atoms with E-state index in [1.54, 1.807) is 12.1 Å². The molecule has 0 aliphatic heterocycles. The number of ether oxygens (including phenoxy) is 2. The molecule has 2 aromatic rings. The average molecular weight is 358 g/mol. The first kappa shape index (κ1) is 18.8. The van der Waals surface area contributed by atoms with Gasteiger partial charge in [0.2, 0.25) is 5.91 Å². The molecule has 2 aromatic carbocycles. The van der Waals surface area contributed by atoms with Crippen molar-refractivity contribution in [2.24, 2.45) is 0 Å². The Labute approximate surface area is 149 Å². The average Bonchev–Trinajstić information content (AvgIpc) is 2.59. The van der Waals surface area contributed by atoms with Crippen LogP contribution in [0.5, 0.6) is 11.5 Å². The van der Waals surface area contributed by atoms with Crippen molar-refractivity contribution in [3.63, 3.8) is 0 Å². The number of anilines is 2. The lowest BCUT2D eigenvalue weighted by Gasteiger charge is -2.12. The lowest BCUT2D eigenvalue weighted by Crippen LogP contribution is -2.21. The largest absolute Gasteiger partial charge is 0.508 e. The van der Waals surface area contributed by atoms with Gasteiger partial charge in [0, 0.05) is 12.6 Å². The Hall–Kier alpha value is -3.55. The molecule has 0 heterocycles. The molecule has 0 fully saturated rings. The predicted octanol–water partition coefficient (Wildman–Crippen LogP) is 2.15. The van der Waals surface area contributed by atoms with Crippen molar-refractivity contribution in [3.05, 3.63) is 48.0 Å². The van der Waals surface area contributed by atoms with Crippen LogP contribution in [0, 0.1) is 0 Å². The van der Waals surface area contributed by atoms with Crippen molar-refractivity contribution in [2.75, 3.05) is 24.4 Å². The normalized spacial score (nSPS) is 9.92. The van der Waals surface area contributed by atoms with Crippen molar-refractivity contribution >= 4 is 29.2 Å². The number of amides is 2. The second kappa shape index (κ2) is 8.52. The Morgan fingerprint density at radius 3 is 2.50 bits per heavy atom. The molecule has 0 aliphatic rings. The van der Waals surface area contributed by atoms with Crippen LogP contribution in [-0.4, -0.2) is 36.6 Å². The van der Waals surface area contributed by atoms with Gasteiger partial charge in [-0.3, -0.25) is 9.59 Å². The van der Waals surface area contributed by atoms with Gasteiger partial charge < -0.3 is 25.2 Å². The minimum atomic E-state index is -0.741. The third kappa shape index (κ3) is 5.23. The Bertz CT molecular complexity index is 834. The van der Waals surface area contributed by atoms with Gasteiger partial charge in [-0.05, 0) is 36.4 Å². The van der Waals surface area contributed by atoms with Crippen LogP contribution >= 0.6 is 0 Å². The van der Waals surface area contributed by atoms with E-state index in [2.05, 4.69) is 10.6 Å². The number of hydrogen-bond acceptors (Lipinski definition) is 6. The van der Waals surface area contributed by atoms with Crippen LogP contribution in [-0.2, 0) is 14.3 Å². The summed E-state index contributed by atoms with van der Waals surface area (Å²) in [5.74, 6) is -1.28. The van der Waals surface area contributed by atoms with Crippen LogP contribution in [0.25, 0.3) is 0 Å². The molecule has 0 aromatic heterocycles. The van der Waals surface area contributed by atoms with Crippen LogP contribution in [0.4, 0.5) is 11.4 Å². The molecule has 26 heavy (non-hydrogen) atoms. The SMILES string of the molecule is COc1ccc(NC(C)=O)cc1NC(=O)COC(=O)c1cccc(O)c1. The van der Waals surface area contributed by atoms with Gasteiger partial charge in [-0.25, -0.2) is 4.79 Å². The molecule has 2 rings (SSSR count). The molecule has 0 unspecified atom stereocenters. The minimum absolute atomic E-state index is 0.0802. The summed E-state index contributed by atoms with van der Waals surface area (Å²) in [6.45, 7) is 0.839. The number of hydrogen-bond donors (Lipinski definition) is 3. The number of phenols is 1. The quantitative estimate of drug-likeness (QED) is 0.682. The van der Waals surface area contributed by atoms with E-state index in [4.69, 9.17) is 9.47 Å². The van der Waals surface area contributed by atoms with E-state index in [0.29, 0.717) is 17.1 Å². The Morgan fingerprint density at radius 1 is 1.08 bits per heavy atom. The number of carbonyl (C=O) groups excluding carboxylic acids is 3. The van der Waals surface area contributed by atoms with Crippen molar-refractivity contribution < 1.29 is 29.0 Å². The highest BCUT2D eigenvalue weighted by atomic mass is 16.5. The molecule has 8 nitrogen and oxygen atoms in total. The van der Waals surface area contributed by atoms with Crippen molar-refractivity contribution in [1.29, 1.82) is 0 Å². The lowest BCUT2D eigenvalue weighted by molar-refractivity contribution is -0.119. The number of nitrogens with one attached hydrogen (secondary N) is 2. The molecule has 0 saturated carbocycles. The highest BCUT2D eigenvalue weighted by Gasteiger charge is 2.13. The molecule has 0 bridgehead atoms. The second-order valence-electron chi connectivity index (χ2n) is 5.27. The molecule has 8 heteroatoms. The molecule has 2 amide bonds. The van der Waals surface area contributed by atoms with Gasteiger partial charge in [-0.15, -0.1) is 0 Å². The van der Waals surface area contributed by atoms with Crippen LogP contribution < -0.4 is 15.4 Å². The molecule has 0 saturated heterocycles. The second-order valence-corrected chi connectivity index (χ2v) is 5.27. The summed E-state index contributed by atoms with van der Waals surface area (Å²) in [5, 5.41) is 14.5. The van der Waals surface area contributed by atoms with Gasteiger partial charge >= 0.3 is 5.97 Å². The molecule has 0 aliphatic carbocycles. The monoisotopic (exact) mass is 358 g/mol. The minimum Gasteiger partial charge on any atom is -0.508 e. The summed E-state index contributed by atoms with van der Waals surface area (Å²) in [5.41, 5.74) is 0.922. The van der Waals surface area contributed by atoms with Gasteiger partial charge in [0.05, 0.1) is 18.4 Å². The summed E-state index contributed by atoms with van der Waals surface area (Å²) < 4.78 is 10.1. The Balaban J connectivity index is 2.00. The first-order chi connectivity index (χ1) is 12.4. The van der Waals surface area contributed by atoms with E-state index < -0.39 is 18.5 Å². The van der Waals surface area contributed by atoms with E-state index in [-0.39, 0.29) is 17.2 Å². The third-order valence-electron chi connectivity index (χ3n) is 3.21. The highest BCUT2D eigenvalue weighted by molar-refractivity contribution is 5.97. The number of carbonyl (C=O) groups is 3. The molecule has 0 atom stereocenters. The Morgan fingerprint density at radius 2 is 1.85 bits per heavy atom. The van der Waals surface area contributed by atoms with Gasteiger partial charge in [0.15, 0.2) is 6.61 Å². The lowest BCUT2D eigenvalue weighted by atomic mass is 10.2. The third-order valence-corrected chi connectivity index (χ3v) is 3.21. The fourth-order valence-electron chi connectivity index (χ4n) is 2.12. The number of rotatable bonds is 6. The standard InChI is InChI=1S/C18H18N2O6/c1-11(21)19-13-6-7-16(25-2)15(9-13)20-17(23)10-26-18(24)12-4-3-5-14(22)8-12/h3-9,22H,10H2,1-2H3,(H,19,21)(H,20,23). The zero-order valence-corrected chi connectivity index (χ0v) is 14.2.